The molecule has 0 N–H and O–H groups in total. The molecule has 3 aliphatic heterocycles. The summed E-state index contributed by atoms with van der Waals surface area (Å²) in [7, 11) is 4.55. The number of rotatable bonds is 2. The van der Waals surface area contributed by atoms with Gasteiger partial charge in [-0.05, 0) is 39.7 Å². The van der Waals surface area contributed by atoms with Crippen LogP contribution in [0.3, 0.4) is 0 Å². The Labute approximate surface area is 323 Å². The smallest absolute Gasteiger partial charge is 1.00 e. The van der Waals surface area contributed by atoms with E-state index < -0.39 is 0 Å². The van der Waals surface area contributed by atoms with Crippen LogP contribution in [0.4, 0.5) is 0 Å². The second-order valence-electron chi connectivity index (χ2n) is 13.5. The molecule has 10 nitrogen and oxygen atoms in total. The number of ether oxygens (including phenoxy) is 1. The fraction of sp³-hybridized carbons (Fsp3) is 0.179. The Bertz CT molecular complexity index is 2650. The van der Waals surface area contributed by atoms with E-state index in [0.717, 1.165) is 80.0 Å². The minimum atomic E-state index is 0. The molecule has 1 saturated heterocycles. The van der Waals surface area contributed by atoms with Crippen molar-refractivity contribution < 1.29 is 52.7 Å². The summed E-state index contributed by atoms with van der Waals surface area (Å²) in [6.45, 7) is 2.17. The molecule has 7 aromatic rings. The van der Waals surface area contributed by atoms with Crippen LogP contribution in [0.1, 0.15) is 12.8 Å². The Morgan fingerprint density at radius 3 is 1.37 bits per heavy atom. The van der Waals surface area contributed by atoms with Crippen LogP contribution in [0.5, 0.6) is 5.75 Å². The zero-order valence-corrected chi connectivity index (χ0v) is 33.2. The van der Waals surface area contributed by atoms with Crippen LogP contribution in [0.2, 0.25) is 0 Å². The van der Waals surface area contributed by atoms with Crippen molar-refractivity contribution in [2.24, 2.45) is 0 Å². The number of fused-ring (bicyclic) bond motifs is 20. The van der Waals surface area contributed by atoms with Crippen LogP contribution in [0.15, 0.2) is 91.0 Å². The van der Waals surface area contributed by atoms with Gasteiger partial charge in [-0.2, -0.15) is 0 Å². The van der Waals surface area contributed by atoms with Crippen LogP contribution in [0.25, 0.3) is 89.7 Å². The van der Waals surface area contributed by atoms with Gasteiger partial charge in [0, 0.05) is 57.7 Å². The third kappa shape index (κ3) is 5.79. The summed E-state index contributed by atoms with van der Waals surface area (Å²) in [5.74, 6) is 2.95. The van der Waals surface area contributed by atoms with Gasteiger partial charge in [0.1, 0.15) is 11.9 Å². The van der Waals surface area contributed by atoms with E-state index in [-0.39, 0.29) is 49.6 Å². The first kappa shape index (κ1) is 33.5. The van der Waals surface area contributed by atoms with Crippen molar-refractivity contribution in [2.45, 2.75) is 18.9 Å². The van der Waals surface area contributed by atoms with Crippen molar-refractivity contribution in [3.8, 4) is 51.3 Å². The number of nitrogens with zero attached hydrogens (tertiary/aromatic N) is 9. The SMILES string of the molecule is C[N+]1(C)CCC(Oc2ccc3c4nc5nc(nc6[n-]c(nc7nc(nc([n-]4)c3c2)-c2ccccc2-7)c2ccccc62)-c2ccccc2-5)CC1.[I-].[Zn+2]. The van der Waals surface area contributed by atoms with Crippen molar-refractivity contribution >= 4 is 44.1 Å². The summed E-state index contributed by atoms with van der Waals surface area (Å²) in [4.78, 5) is 40.0. The Hall–Kier alpha value is -4.65. The number of hydrogen-bond acceptors (Lipinski definition) is 7. The average molecular weight is 833 g/mol. The summed E-state index contributed by atoms with van der Waals surface area (Å²) in [6, 6.07) is 30.1. The molecule has 3 aromatic heterocycles. The molecule has 0 radical (unpaired) electrons. The standard InChI is InChI=1S/C39H30N9O.HI.Zn/c1-48(2)19-17-22(18-20-48)49-23-15-16-30-31(21-23)39-46-37-29-14-8-7-13-28(29)35(44-37)42-33-25-10-4-3-9-24(25)32(40-33)41-34-26-11-5-6-12-27(26)36(43-34)45-38(30)47-39;;/h3-16,21-22H,17-20H2,1-2H3;1H;/q-1;;+2/p-1. The van der Waals surface area contributed by atoms with Crippen molar-refractivity contribution in [1.82, 2.24) is 39.9 Å². The predicted octanol–water partition coefficient (Wildman–Crippen LogP) is 3.75. The van der Waals surface area contributed by atoms with Gasteiger partial charge in [0.25, 0.3) is 0 Å². The van der Waals surface area contributed by atoms with E-state index >= 15 is 0 Å². The quantitative estimate of drug-likeness (QED) is 0.146. The maximum atomic E-state index is 6.55. The van der Waals surface area contributed by atoms with Gasteiger partial charge < -0.3 is 63.1 Å². The number of likely N-dealkylation sites (tertiary alicyclic amines) is 1. The van der Waals surface area contributed by atoms with E-state index in [4.69, 9.17) is 44.6 Å². The van der Waals surface area contributed by atoms with Crippen LogP contribution in [-0.2, 0) is 19.5 Å². The van der Waals surface area contributed by atoms with Crippen LogP contribution in [0, 0.1) is 0 Å². The summed E-state index contributed by atoms with van der Waals surface area (Å²) >= 11 is 0. The number of aromatic nitrogens is 8. The molecule has 0 spiro atoms. The first-order valence-corrected chi connectivity index (χ1v) is 16.6. The molecule has 4 aromatic carbocycles. The van der Waals surface area contributed by atoms with Gasteiger partial charge in [0.15, 0.2) is 0 Å². The molecule has 0 aliphatic carbocycles. The van der Waals surface area contributed by atoms with Crippen LogP contribution < -0.4 is 38.7 Å². The third-order valence-electron chi connectivity index (χ3n) is 9.81. The summed E-state index contributed by atoms with van der Waals surface area (Å²) in [6.07, 6.45) is 2.18. The minimum Gasteiger partial charge on any atom is -1.00 e. The zero-order chi connectivity index (χ0) is 32.7. The van der Waals surface area contributed by atoms with Gasteiger partial charge in [-0.25, -0.2) is 9.97 Å². The molecule has 10 rings (SSSR count). The number of halogens is 1. The third-order valence-corrected chi connectivity index (χ3v) is 9.81. The van der Waals surface area contributed by atoms with E-state index in [1.165, 1.54) is 0 Å². The predicted molar refractivity (Wildman–Crippen MR) is 189 cm³/mol. The molecule has 0 amide bonds. The molecule has 0 unspecified atom stereocenters. The van der Waals surface area contributed by atoms with Gasteiger partial charge in [0.05, 0.1) is 50.5 Å². The zero-order valence-electron chi connectivity index (χ0n) is 28.1. The molecular weight excluding hydrogens is 803 g/mol. The Morgan fingerprint density at radius 2 is 0.922 bits per heavy atom. The molecule has 1 fully saturated rings. The Balaban J connectivity index is 0.00000187. The molecule has 12 heteroatoms. The van der Waals surface area contributed by atoms with E-state index in [1.807, 2.05) is 91.0 Å². The molecule has 8 bridgehead atoms. The number of piperidine rings is 1. The minimum absolute atomic E-state index is 0. The van der Waals surface area contributed by atoms with Crippen LogP contribution in [-0.4, -0.2) is 67.7 Å². The normalized spacial score (nSPS) is 14.7. The molecule has 3 aliphatic rings. The van der Waals surface area contributed by atoms with Crippen molar-refractivity contribution in [1.29, 1.82) is 0 Å². The maximum Gasteiger partial charge on any atom is 2.00 e. The fourth-order valence-electron chi connectivity index (χ4n) is 7.12. The number of quaternary nitrogens is 1. The van der Waals surface area contributed by atoms with Gasteiger partial charge in [0.2, 0.25) is 0 Å². The second-order valence-corrected chi connectivity index (χ2v) is 13.5. The molecule has 51 heavy (non-hydrogen) atoms. The second kappa shape index (κ2) is 12.8. The summed E-state index contributed by atoms with van der Waals surface area (Å²) in [5, 5.41) is 3.47. The number of benzene rings is 4. The summed E-state index contributed by atoms with van der Waals surface area (Å²) < 4.78 is 7.58. The monoisotopic (exact) mass is 831 g/mol. The topological polar surface area (TPSA) is 115 Å². The van der Waals surface area contributed by atoms with Crippen molar-refractivity contribution in [3.05, 3.63) is 91.0 Å². The van der Waals surface area contributed by atoms with Gasteiger partial charge in [-0.3, -0.25) is 0 Å². The first-order valence-electron chi connectivity index (χ1n) is 16.6. The molecule has 246 valence electrons. The first-order chi connectivity index (χ1) is 24.0. The fourth-order valence-corrected chi connectivity index (χ4v) is 7.12. The molecule has 0 saturated carbocycles. The maximum absolute atomic E-state index is 6.55. The average Bonchev–Trinajstić information content (AvgIpc) is 3.85. The number of hydrogen-bond donors (Lipinski definition) is 0. The van der Waals surface area contributed by atoms with Crippen molar-refractivity contribution in [3.63, 3.8) is 0 Å². The molecule has 6 heterocycles. The van der Waals surface area contributed by atoms with E-state index in [0.29, 0.717) is 45.9 Å². The van der Waals surface area contributed by atoms with E-state index in [9.17, 15) is 0 Å². The summed E-state index contributed by atoms with van der Waals surface area (Å²) in [5.41, 5.74) is 5.66. The largest absolute Gasteiger partial charge is 2.00 e. The Morgan fingerprint density at radius 1 is 0.529 bits per heavy atom. The van der Waals surface area contributed by atoms with E-state index in [2.05, 4.69) is 14.1 Å². The van der Waals surface area contributed by atoms with Gasteiger partial charge in [-0.15, -0.1) is 0 Å². The van der Waals surface area contributed by atoms with E-state index in [1.54, 1.807) is 0 Å². The molecule has 0 atom stereocenters. The Kier molecular flexibility index (Phi) is 8.43. The van der Waals surface area contributed by atoms with Crippen molar-refractivity contribution in [2.75, 3.05) is 27.2 Å². The van der Waals surface area contributed by atoms with Crippen LogP contribution >= 0.6 is 0 Å². The van der Waals surface area contributed by atoms with Gasteiger partial charge in [-0.1, -0.05) is 72.8 Å². The van der Waals surface area contributed by atoms with Gasteiger partial charge >= 0.3 is 19.5 Å². The molecular formula is C39H30IN9OZn.